The first-order valence-corrected chi connectivity index (χ1v) is 6.18. The van der Waals surface area contributed by atoms with Crippen LogP contribution < -0.4 is 5.32 Å². The highest BCUT2D eigenvalue weighted by molar-refractivity contribution is 9.10. The molecule has 0 aliphatic rings. The lowest BCUT2D eigenvalue weighted by Crippen LogP contribution is -2.36. The van der Waals surface area contributed by atoms with Crippen molar-refractivity contribution < 1.29 is 14.7 Å². The monoisotopic (exact) mass is 302 g/mol. The molecule has 0 fully saturated rings. The summed E-state index contributed by atoms with van der Waals surface area (Å²) >= 11 is 3.23. The predicted octanol–water partition coefficient (Wildman–Crippen LogP) is 2.15. The van der Waals surface area contributed by atoms with Gasteiger partial charge >= 0.3 is 5.97 Å². The second-order valence-electron chi connectivity index (χ2n) is 3.79. The van der Waals surface area contributed by atoms with E-state index in [1.807, 2.05) is 6.92 Å². The van der Waals surface area contributed by atoms with Gasteiger partial charge in [0.2, 0.25) is 0 Å². The first-order valence-electron chi connectivity index (χ1n) is 5.39. The Labute approximate surface area is 108 Å². The number of nitrogens with one attached hydrogen (secondary N) is 2. The number of aromatic amines is 1. The highest BCUT2D eigenvalue weighted by Crippen LogP contribution is 2.11. The minimum atomic E-state index is -0.906. The van der Waals surface area contributed by atoms with Crippen LogP contribution in [0.3, 0.4) is 0 Å². The summed E-state index contributed by atoms with van der Waals surface area (Å²) in [6.07, 6.45) is 3.08. The molecular weight excluding hydrogens is 288 g/mol. The number of halogens is 1. The van der Waals surface area contributed by atoms with E-state index >= 15 is 0 Å². The summed E-state index contributed by atoms with van der Waals surface area (Å²) in [7, 11) is 0. The second kappa shape index (κ2) is 6.44. The van der Waals surface area contributed by atoms with Crippen molar-refractivity contribution in [2.75, 3.05) is 0 Å². The number of rotatable bonds is 6. The molecule has 0 bridgehead atoms. The van der Waals surface area contributed by atoms with Gasteiger partial charge in [-0.25, -0.2) is 0 Å². The Morgan fingerprint density at radius 3 is 2.76 bits per heavy atom. The molecule has 94 valence electrons. The van der Waals surface area contributed by atoms with Crippen molar-refractivity contribution in [1.29, 1.82) is 0 Å². The van der Waals surface area contributed by atoms with Crippen molar-refractivity contribution in [3.8, 4) is 0 Å². The molecule has 1 aromatic rings. The van der Waals surface area contributed by atoms with Gasteiger partial charge in [0.15, 0.2) is 0 Å². The van der Waals surface area contributed by atoms with E-state index in [1.54, 1.807) is 12.3 Å². The summed E-state index contributed by atoms with van der Waals surface area (Å²) in [5.41, 5.74) is 0.420. The van der Waals surface area contributed by atoms with Crippen LogP contribution in [0.15, 0.2) is 16.7 Å². The molecule has 0 aromatic carbocycles. The van der Waals surface area contributed by atoms with E-state index in [0.29, 0.717) is 12.1 Å². The van der Waals surface area contributed by atoms with Crippen LogP contribution in [0.4, 0.5) is 0 Å². The molecule has 0 aliphatic heterocycles. The summed E-state index contributed by atoms with van der Waals surface area (Å²) in [6, 6.07) is 1.33. The van der Waals surface area contributed by atoms with Gasteiger partial charge in [-0.05, 0) is 28.4 Å². The normalized spacial score (nSPS) is 12.1. The lowest BCUT2D eigenvalue weighted by atomic mass is 10.1. The van der Waals surface area contributed by atoms with Crippen LogP contribution in [-0.4, -0.2) is 28.0 Å². The van der Waals surface area contributed by atoms with Crippen LogP contribution in [0.5, 0.6) is 0 Å². The number of carboxylic acids is 1. The van der Waals surface area contributed by atoms with Crippen LogP contribution >= 0.6 is 15.9 Å². The second-order valence-corrected chi connectivity index (χ2v) is 4.70. The summed E-state index contributed by atoms with van der Waals surface area (Å²) in [6.45, 7) is 1.95. The van der Waals surface area contributed by atoms with Crippen molar-refractivity contribution >= 4 is 27.8 Å². The van der Waals surface area contributed by atoms with Crippen molar-refractivity contribution in [1.82, 2.24) is 10.3 Å². The molecule has 1 atom stereocenters. The third kappa shape index (κ3) is 4.60. The predicted molar refractivity (Wildman–Crippen MR) is 66.9 cm³/mol. The zero-order valence-electron chi connectivity index (χ0n) is 9.50. The Bertz CT molecular complexity index is 403. The lowest BCUT2D eigenvalue weighted by Gasteiger charge is -2.15. The van der Waals surface area contributed by atoms with Crippen LogP contribution in [0, 0.1) is 0 Å². The van der Waals surface area contributed by atoms with Gasteiger partial charge in [-0.1, -0.05) is 13.3 Å². The van der Waals surface area contributed by atoms with Gasteiger partial charge < -0.3 is 15.4 Å². The molecule has 1 unspecified atom stereocenters. The van der Waals surface area contributed by atoms with Gasteiger partial charge in [0.25, 0.3) is 5.91 Å². The fraction of sp³-hybridized carbons (Fsp3) is 0.455. The summed E-state index contributed by atoms with van der Waals surface area (Å²) < 4.78 is 0.785. The molecule has 0 saturated carbocycles. The molecule has 1 aromatic heterocycles. The fourth-order valence-electron chi connectivity index (χ4n) is 1.55. The van der Waals surface area contributed by atoms with E-state index in [9.17, 15) is 9.59 Å². The molecule has 0 saturated heterocycles. The zero-order valence-corrected chi connectivity index (χ0v) is 11.1. The number of amides is 1. The van der Waals surface area contributed by atoms with Gasteiger partial charge in [0.05, 0.1) is 6.42 Å². The molecule has 3 N–H and O–H groups in total. The smallest absolute Gasteiger partial charge is 0.305 e. The lowest BCUT2D eigenvalue weighted by molar-refractivity contribution is -0.137. The topological polar surface area (TPSA) is 82.2 Å². The summed E-state index contributed by atoms with van der Waals surface area (Å²) in [5.74, 6) is -1.19. The first kappa shape index (κ1) is 13.8. The highest BCUT2D eigenvalue weighted by atomic mass is 79.9. The van der Waals surface area contributed by atoms with Crippen molar-refractivity contribution in [3.63, 3.8) is 0 Å². The van der Waals surface area contributed by atoms with E-state index in [-0.39, 0.29) is 18.4 Å². The molecule has 1 amide bonds. The number of aliphatic carboxylic acids is 1. The van der Waals surface area contributed by atoms with E-state index in [4.69, 9.17) is 5.11 Å². The Morgan fingerprint density at radius 1 is 1.59 bits per heavy atom. The van der Waals surface area contributed by atoms with Crippen LogP contribution in [0.1, 0.15) is 36.7 Å². The van der Waals surface area contributed by atoms with Crippen LogP contribution in [0.2, 0.25) is 0 Å². The molecule has 1 rings (SSSR count). The summed E-state index contributed by atoms with van der Waals surface area (Å²) in [5, 5.41) is 11.4. The van der Waals surface area contributed by atoms with Gasteiger partial charge in [-0.2, -0.15) is 0 Å². The molecule has 17 heavy (non-hydrogen) atoms. The van der Waals surface area contributed by atoms with Crippen molar-refractivity contribution in [2.45, 2.75) is 32.2 Å². The molecule has 0 spiro atoms. The number of carbonyl (C=O) groups is 2. The number of carbonyl (C=O) groups excluding carboxylic acids is 1. The van der Waals surface area contributed by atoms with Gasteiger partial charge in [-0.15, -0.1) is 0 Å². The average Bonchev–Trinajstić information content (AvgIpc) is 2.64. The number of H-pyrrole nitrogens is 1. The third-order valence-corrected chi connectivity index (χ3v) is 2.74. The molecular formula is C11H15BrN2O3. The maximum Gasteiger partial charge on any atom is 0.305 e. The van der Waals surface area contributed by atoms with Crippen molar-refractivity contribution in [3.05, 3.63) is 22.4 Å². The molecule has 1 heterocycles. The van der Waals surface area contributed by atoms with Gasteiger partial charge in [-0.3, -0.25) is 9.59 Å². The van der Waals surface area contributed by atoms with E-state index in [0.717, 1.165) is 10.9 Å². The molecule has 6 heteroatoms. The largest absolute Gasteiger partial charge is 0.481 e. The molecule has 0 radical (unpaired) electrons. The number of hydrogen-bond acceptors (Lipinski definition) is 2. The average molecular weight is 303 g/mol. The third-order valence-electron chi connectivity index (χ3n) is 2.29. The molecule has 0 aliphatic carbocycles. The Hall–Kier alpha value is -1.30. The number of hydrogen-bond donors (Lipinski definition) is 3. The molecule has 5 nitrogen and oxygen atoms in total. The first-order chi connectivity index (χ1) is 8.02. The number of aromatic nitrogens is 1. The van der Waals surface area contributed by atoms with E-state index < -0.39 is 5.97 Å². The SMILES string of the molecule is CCCC(CC(=O)O)NC(=O)c1cc(Br)c[nH]1. The number of carboxylic acid groups (broad SMARTS) is 1. The highest BCUT2D eigenvalue weighted by Gasteiger charge is 2.16. The standard InChI is InChI=1S/C11H15BrN2O3/c1-2-3-8(5-10(15)16)14-11(17)9-4-7(12)6-13-9/h4,6,8,13H,2-3,5H2,1H3,(H,14,17)(H,15,16). The maximum atomic E-state index is 11.8. The van der Waals surface area contributed by atoms with E-state index in [2.05, 4.69) is 26.2 Å². The van der Waals surface area contributed by atoms with Gasteiger partial charge in [0.1, 0.15) is 5.69 Å². The fourth-order valence-corrected chi connectivity index (χ4v) is 1.89. The maximum absolute atomic E-state index is 11.8. The van der Waals surface area contributed by atoms with Crippen molar-refractivity contribution in [2.24, 2.45) is 0 Å². The summed E-state index contributed by atoms with van der Waals surface area (Å²) in [4.78, 5) is 25.2. The van der Waals surface area contributed by atoms with Crippen LogP contribution in [-0.2, 0) is 4.79 Å². The Morgan fingerprint density at radius 2 is 2.29 bits per heavy atom. The Kier molecular flexibility index (Phi) is 5.21. The minimum absolute atomic E-state index is 0.0541. The van der Waals surface area contributed by atoms with Crippen LogP contribution in [0.25, 0.3) is 0 Å². The van der Waals surface area contributed by atoms with Gasteiger partial charge in [0, 0.05) is 16.7 Å². The Balaban J connectivity index is 2.60. The quantitative estimate of drug-likeness (QED) is 0.753. The minimum Gasteiger partial charge on any atom is -0.481 e. The van der Waals surface area contributed by atoms with E-state index in [1.165, 1.54) is 0 Å². The zero-order chi connectivity index (χ0) is 12.8.